The second-order valence-electron chi connectivity index (χ2n) is 8.42. The molecule has 1 aromatic carbocycles. The van der Waals surface area contributed by atoms with E-state index in [2.05, 4.69) is 17.9 Å². The second kappa shape index (κ2) is 10.2. The molecule has 1 aromatic heterocycles. The lowest BCUT2D eigenvalue weighted by atomic mass is 9.96. The van der Waals surface area contributed by atoms with Gasteiger partial charge in [-0.1, -0.05) is 49.1 Å². The molecular weight excluding hydrogens is 454 g/mol. The highest BCUT2D eigenvalue weighted by molar-refractivity contribution is 8.26. The van der Waals surface area contributed by atoms with Crippen LogP contribution >= 0.6 is 24.0 Å². The fourth-order valence-electron chi connectivity index (χ4n) is 4.25. The van der Waals surface area contributed by atoms with Gasteiger partial charge in [0.05, 0.1) is 22.9 Å². The van der Waals surface area contributed by atoms with Crippen molar-refractivity contribution in [2.24, 2.45) is 5.92 Å². The number of hydrogen-bond acceptors (Lipinski definition) is 7. The molecule has 1 unspecified atom stereocenters. The van der Waals surface area contributed by atoms with Crippen molar-refractivity contribution in [2.45, 2.75) is 46.1 Å². The normalized spacial score (nSPS) is 19.5. The molecule has 2 saturated heterocycles. The molecule has 1 atom stereocenters. The van der Waals surface area contributed by atoms with Gasteiger partial charge in [-0.05, 0) is 51.3 Å². The number of thiocarbonyl (C=S) groups is 1. The summed E-state index contributed by atoms with van der Waals surface area (Å²) in [6.45, 7) is 7.74. The van der Waals surface area contributed by atoms with Gasteiger partial charge < -0.3 is 9.64 Å². The summed E-state index contributed by atoms with van der Waals surface area (Å²) >= 11 is 6.86. The maximum absolute atomic E-state index is 13.1. The monoisotopic (exact) mass is 483 g/mol. The maximum atomic E-state index is 13.1. The fraction of sp³-hybridized carbons (Fsp3) is 0.440. The Hall–Kier alpha value is -2.45. The SMILES string of the molecule is CCOC(=O)C1CCN(c2nc3ccccc3cc2/C=C2\SC(=S)N(C(C)CC)C2=O)CC1. The molecular formula is C25H29N3O3S2. The standard InChI is InChI=1S/C25H29N3O3S2/c1-4-16(3)28-23(29)21(33-25(28)32)15-19-14-18-8-6-7-9-20(18)26-22(19)27-12-10-17(11-13-27)24(30)31-5-2/h6-9,14-17H,4-5,10-13H2,1-3H3/b21-15-. The van der Waals surface area contributed by atoms with Crippen LogP contribution < -0.4 is 4.90 Å². The Balaban J connectivity index is 1.67. The van der Waals surface area contributed by atoms with E-state index in [-0.39, 0.29) is 23.8 Å². The molecule has 2 aliphatic heterocycles. The molecule has 0 bridgehead atoms. The molecule has 0 aliphatic carbocycles. The van der Waals surface area contributed by atoms with Gasteiger partial charge in [-0.3, -0.25) is 14.5 Å². The van der Waals surface area contributed by atoms with Gasteiger partial charge in [0.2, 0.25) is 0 Å². The Morgan fingerprint density at radius 1 is 1.30 bits per heavy atom. The molecule has 1 amide bonds. The molecule has 2 fully saturated rings. The van der Waals surface area contributed by atoms with Gasteiger partial charge in [-0.2, -0.15) is 0 Å². The second-order valence-corrected chi connectivity index (χ2v) is 10.1. The molecule has 0 radical (unpaired) electrons. The van der Waals surface area contributed by atoms with Crippen molar-refractivity contribution in [1.82, 2.24) is 9.88 Å². The summed E-state index contributed by atoms with van der Waals surface area (Å²) in [7, 11) is 0. The fourth-order valence-corrected chi connectivity index (χ4v) is 5.71. The van der Waals surface area contributed by atoms with E-state index in [1.165, 1.54) is 11.8 Å². The molecule has 174 valence electrons. The lowest BCUT2D eigenvalue weighted by Gasteiger charge is -2.32. The molecule has 8 heteroatoms. The van der Waals surface area contributed by atoms with E-state index in [0.29, 0.717) is 28.9 Å². The van der Waals surface area contributed by atoms with Crippen molar-refractivity contribution in [3.05, 3.63) is 40.8 Å². The minimum Gasteiger partial charge on any atom is -0.466 e. The van der Waals surface area contributed by atoms with E-state index in [0.717, 1.165) is 41.5 Å². The largest absolute Gasteiger partial charge is 0.466 e. The van der Waals surface area contributed by atoms with Gasteiger partial charge in [0.15, 0.2) is 0 Å². The Kier molecular flexibility index (Phi) is 7.34. The van der Waals surface area contributed by atoms with E-state index >= 15 is 0 Å². The zero-order valence-corrected chi connectivity index (χ0v) is 20.9. The minimum absolute atomic E-state index is 0.0422. The quantitative estimate of drug-likeness (QED) is 0.325. The van der Waals surface area contributed by atoms with Crippen LogP contribution in [-0.4, -0.2) is 51.8 Å². The lowest BCUT2D eigenvalue weighted by Crippen LogP contribution is -2.37. The van der Waals surface area contributed by atoms with Crippen molar-refractivity contribution in [2.75, 3.05) is 24.6 Å². The smallest absolute Gasteiger partial charge is 0.309 e. The number of piperidine rings is 1. The third-order valence-electron chi connectivity index (χ3n) is 6.29. The van der Waals surface area contributed by atoms with Crippen LogP contribution in [-0.2, 0) is 14.3 Å². The van der Waals surface area contributed by atoms with Crippen LogP contribution in [0.1, 0.15) is 45.6 Å². The summed E-state index contributed by atoms with van der Waals surface area (Å²) in [5, 5.41) is 1.02. The number of para-hydroxylation sites is 1. The van der Waals surface area contributed by atoms with Gasteiger partial charge >= 0.3 is 5.97 Å². The predicted octanol–water partition coefficient (Wildman–Crippen LogP) is 5.01. The number of benzene rings is 1. The number of ether oxygens (including phenoxy) is 1. The van der Waals surface area contributed by atoms with Crippen LogP contribution in [0.5, 0.6) is 0 Å². The number of fused-ring (bicyclic) bond motifs is 1. The van der Waals surface area contributed by atoms with E-state index in [1.54, 1.807) is 4.90 Å². The lowest BCUT2D eigenvalue weighted by molar-refractivity contribution is -0.148. The predicted molar refractivity (Wildman–Crippen MR) is 138 cm³/mol. The molecule has 0 N–H and O–H groups in total. The molecule has 2 aliphatic rings. The first-order valence-corrected chi connectivity index (χ1v) is 12.7. The van der Waals surface area contributed by atoms with E-state index in [1.807, 2.05) is 44.2 Å². The Morgan fingerprint density at radius 3 is 2.73 bits per heavy atom. The van der Waals surface area contributed by atoms with Gasteiger partial charge in [-0.25, -0.2) is 4.98 Å². The van der Waals surface area contributed by atoms with Crippen LogP contribution in [0.4, 0.5) is 5.82 Å². The number of aromatic nitrogens is 1. The molecule has 0 saturated carbocycles. The van der Waals surface area contributed by atoms with Gasteiger partial charge in [-0.15, -0.1) is 0 Å². The number of nitrogens with zero attached hydrogens (tertiary/aromatic N) is 3. The van der Waals surface area contributed by atoms with Crippen molar-refractivity contribution in [1.29, 1.82) is 0 Å². The summed E-state index contributed by atoms with van der Waals surface area (Å²) in [4.78, 5) is 34.8. The van der Waals surface area contributed by atoms with Crippen LogP contribution in [0, 0.1) is 5.92 Å². The first-order chi connectivity index (χ1) is 15.9. The van der Waals surface area contributed by atoms with Gasteiger partial charge in [0, 0.05) is 30.1 Å². The Labute approximate surface area is 204 Å². The zero-order chi connectivity index (χ0) is 23.5. The molecule has 6 nitrogen and oxygen atoms in total. The molecule has 4 rings (SSSR count). The first-order valence-electron chi connectivity index (χ1n) is 11.5. The summed E-state index contributed by atoms with van der Waals surface area (Å²) < 4.78 is 5.82. The van der Waals surface area contributed by atoms with E-state index in [4.69, 9.17) is 21.9 Å². The van der Waals surface area contributed by atoms with E-state index in [9.17, 15) is 9.59 Å². The molecule has 2 aromatic rings. The summed E-state index contributed by atoms with van der Waals surface area (Å²) in [6.07, 6.45) is 4.22. The number of anilines is 1. The number of esters is 1. The van der Waals surface area contributed by atoms with Gasteiger partial charge in [0.25, 0.3) is 5.91 Å². The minimum atomic E-state index is -0.113. The van der Waals surface area contributed by atoms with Crippen molar-refractivity contribution >= 4 is 63.0 Å². The highest BCUT2D eigenvalue weighted by Gasteiger charge is 2.35. The van der Waals surface area contributed by atoms with Crippen LogP contribution in [0.15, 0.2) is 35.2 Å². The highest BCUT2D eigenvalue weighted by Crippen LogP contribution is 2.37. The van der Waals surface area contributed by atoms with Crippen LogP contribution in [0.2, 0.25) is 0 Å². The third kappa shape index (κ3) is 4.92. The summed E-state index contributed by atoms with van der Waals surface area (Å²) in [5.74, 6) is 0.610. The third-order valence-corrected chi connectivity index (χ3v) is 7.62. The van der Waals surface area contributed by atoms with Crippen LogP contribution in [0.25, 0.3) is 17.0 Å². The van der Waals surface area contributed by atoms with Crippen molar-refractivity contribution in [3.63, 3.8) is 0 Å². The number of carbonyl (C=O) groups is 2. The average Bonchev–Trinajstić information content (AvgIpc) is 3.11. The van der Waals surface area contributed by atoms with Crippen molar-refractivity contribution < 1.29 is 14.3 Å². The highest BCUT2D eigenvalue weighted by atomic mass is 32.2. The maximum Gasteiger partial charge on any atom is 0.309 e. The zero-order valence-electron chi connectivity index (χ0n) is 19.2. The Morgan fingerprint density at radius 2 is 2.03 bits per heavy atom. The number of hydrogen-bond donors (Lipinski definition) is 0. The summed E-state index contributed by atoms with van der Waals surface area (Å²) in [6, 6.07) is 10.1. The summed E-state index contributed by atoms with van der Waals surface area (Å²) in [5.41, 5.74) is 1.80. The number of carbonyl (C=O) groups excluding carboxylic acids is 2. The van der Waals surface area contributed by atoms with Crippen LogP contribution in [0.3, 0.4) is 0 Å². The Bertz CT molecular complexity index is 1110. The molecule has 0 spiro atoms. The number of thioether (sulfide) groups is 1. The molecule has 3 heterocycles. The topological polar surface area (TPSA) is 62.7 Å². The molecule has 33 heavy (non-hydrogen) atoms. The van der Waals surface area contributed by atoms with Gasteiger partial charge in [0.1, 0.15) is 10.1 Å². The first kappa shape index (κ1) is 23.7. The average molecular weight is 484 g/mol. The number of pyridine rings is 1. The van der Waals surface area contributed by atoms with Crippen molar-refractivity contribution in [3.8, 4) is 0 Å². The number of rotatable bonds is 6. The number of amides is 1. The van der Waals surface area contributed by atoms with E-state index < -0.39 is 0 Å².